The minimum absolute atomic E-state index is 0.124. The highest BCUT2D eigenvalue weighted by Gasteiger charge is 2.51. The van der Waals surface area contributed by atoms with Gasteiger partial charge in [0.1, 0.15) is 11.9 Å². The first-order valence-corrected chi connectivity index (χ1v) is 31.5. The van der Waals surface area contributed by atoms with E-state index in [0.29, 0.717) is 31.7 Å². The van der Waals surface area contributed by atoms with Crippen LogP contribution in [0.15, 0.2) is 10.9 Å². The minimum Gasteiger partial charge on any atom is -0.415 e. The summed E-state index contributed by atoms with van der Waals surface area (Å²) in [6, 6.07) is 0.951. The molecule has 1 saturated heterocycles. The van der Waals surface area contributed by atoms with Crippen molar-refractivity contribution in [3.63, 3.8) is 0 Å². The van der Waals surface area contributed by atoms with Gasteiger partial charge in [0, 0.05) is 37.1 Å². The van der Waals surface area contributed by atoms with Crippen LogP contribution in [0.4, 0.5) is 10.7 Å². The van der Waals surface area contributed by atoms with Crippen LogP contribution in [0.5, 0.6) is 0 Å². The number of nitrogens with zero attached hydrogens (tertiary/aromatic N) is 1. The van der Waals surface area contributed by atoms with Crippen molar-refractivity contribution in [2.24, 2.45) is 5.92 Å². The molecule has 1 aliphatic heterocycles. The van der Waals surface area contributed by atoms with Gasteiger partial charge in [-0.05, 0) is 98.3 Å². The monoisotopic (exact) mass is 758 g/mol. The standard InChI is InChI=1S/C33H66N4O8Si4/c1-24-21-28(39)36-32(35-24)37-33(40)34-20-18-16-14-15-17-19-25(38)22-26-29(43-47(5,6)7)30(44-48(8,9)10)27(23-41-46(2,3)4)42-31(26)45-49(11,12)13/h21,26-27,29-31H,14-20,22-23H2,1-13H3,(H3,34,35,36,37,39,40)/t26-,27-,29-,30-,31?/m1/s1. The number of carbonyl (C=O) groups excluding carboxylic acids is 2. The Balaban J connectivity index is 2.01. The van der Waals surface area contributed by atoms with E-state index < -0.39 is 45.6 Å². The van der Waals surface area contributed by atoms with Crippen molar-refractivity contribution in [1.82, 2.24) is 15.3 Å². The first-order chi connectivity index (χ1) is 22.4. The van der Waals surface area contributed by atoms with Gasteiger partial charge in [-0.1, -0.05) is 19.3 Å². The molecule has 1 unspecified atom stereocenters. The van der Waals surface area contributed by atoms with Crippen LogP contribution in [0.25, 0.3) is 0 Å². The molecule has 0 bridgehead atoms. The number of aryl methyl sites for hydroxylation is 1. The molecule has 0 aliphatic carbocycles. The third-order valence-corrected chi connectivity index (χ3v) is 11.3. The van der Waals surface area contributed by atoms with Gasteiger partial charge in [-0.3, -0.25) is 19.9 Å². The molecule has 2 heterocycles. The summed E-state index contributed by atoms with van der Waals surface area (Å²) >= 11 is 0. The normalized spacial score (nSPS) is 22.2. The summed E-state index contributed by atoms with van der Waals surface area (Å²) in [4.78, 5) is 43.9. The number of ketones is 1. The smallest absolute Gasteiger partial charge is 0.321 e. The summed E-state index contributed by atoms with van der Waals surface area (Å²) in [7, 11) is -7.99. The zero-order chi connectivity index (χ0) is 37.2. The lowest BCUT2D eigenvalue weighted by Gasteiger charge is -2.51. The van der Waals surface area contributed by atoms with Gasteiger partial charge < -0.3 is 27.8 Å². The summed E-state index contributed by atoms with van der Waals surface area (Å²) in [5.41, 5.74) is 0.213. The molecule has 2 rings (SSSR count). The fourth-order valence-corrected chi connectivity index (χ4v) is 9.37. The van der Waals surface area contributed by atoms with Crippen molar-refractivity contribution >= 4 is 51.0 Å². The Labute approximate surface area is 299 Å². The first kappa shape index (κ1) is 43.7. The maximum Gasteiger partial charge on any atom is 0.321 e. The zero-order valence-corrected chi connectivity index (χ0v) is 36.5. The van der Waals surface area contributed by atoms with Gasteiger partial charge in [0.05, 0.1) is 18.8 Å². The predicted molar refractivity (Wildman–Crippen MR) is 206 cm³/mol. The number of hydrogen-bond acceptors (Lipinski definition) is 9. The van der Waals surface area contributed by atoms with Crippen LogP contribution in [-0.4, -0.2) is 92.8 Å². The highest BCUT2D eigenvalue weighted by molar-refractivity contribution is 6.71. The molecule has 0 aromatic carbocycles. The molecule has 5 atom stereocenters. The van der Waals surface area contributed by atoms with Gasteiger partial charge in [0.2, 0.25) is 5.95 Å². The lowest BCUT2D eigenvalue weighted by Crippen LogP contribution is -2.63. The Morgan fingerprint density at radius 2 is 1.39 bits per heavy atom. The lowest BCUT2D eigenvalue weighted by atomic mass is 9.86. The third-order valence-electron chi connectivity index (χ3n) is 7.38. The highest BCUT2D eigenvalue weighted by atomic mass is 28.4. The Morgan fingerprint density at radius 3 is 1.96 bits per heavy atom. The number of hydrogen-bond donors (Lipinski definition) is 3. The molecule has 0 saturated carbocycles. The number of amides is 2. The molecule has 12 nitrogen and oxygen atoms in total. The van der Waals surface area contributed by atoms with Crippen molar-refractivity contribution in [2.45, 2.75) is 155 Å². The van der Waals surface area contributed by atoms with Crippen LogP contribution in [0, 0.1) is 12.8 Å². The van der Waals surface area contributed by atoms with Gasteiger partial charge in [0.25, 0.3) is 5.56 Å². The number of ether oxygens (including phenoxy) is 1. The van der Waals surface area contributed by atoms with E-state index in [4.69, 9.17) is 22.4 Å². The summed E-state index contributed by atoms with van der Waals surface area (Å²) in [6.07, 6.45) is 3.63. The van der Waals surface area contributed by atoms with Crippen LogP contribution < -0.4 is 16.2 Å². The maximum atomic E-state index is 13.6. The summed E-state index contributed by atoms with van der Waals surface area (Å²) in [5.74, 6) is 0.0331. The van der Waals surface area contributed by atoms with Crippen LogP contribution in [0.3, 0.4) is 0 Å². The lowest BCUT2D eigenvalue weighted by molar-refractivity contribution is -0.255. The van der Waals surface area contributed by atoms with E-state index >= 15 is 0 Å². The second-order valence-corrected chi connectivity index (χ2v) is 35.0. The van der Waals surface area contributed by atoms with Crippen molar-refractivity contribution in [1.29, 1.82) is 0 Å². The van der Waals surface area contributed by atoms with E-state index in [1.807, 2.05) is 0 Å². The fourth-order valence-electron chi connectivity index (χ4n) is 5.55. The number of unbranched alkanes of at least 4 members (excludes halogenated alkanes) is 4. The van der Waals surface area contributed by atoms with Crippen LogP contribution in [0.1, 0.15) is 50.6 Å². The van der Waals surface area contributed by atoms with Crippen molar-refractivity contribution in [3.05, 3.63) is 22.1 Å². The molecule has 1 fully saturated rings. The number of nitrogens with one attached hydrogen (secondary N) is 3. The molecule has 2 amide bonds. The van der Waals surface area contributed by atoms with Crippen LogP contribution in [-0.2, 0) is 27.2 Å². The highest BCUT2D eigenvalue weighted by Crippen LogP contribution is 2.38. The largest absolute Gasteiger partial charge is 0.415 e. The number of aromatic amines is 1. The second kappa shape index (κ2) is 18.8. The fraction of sp³-hybridized carbons (Fsp3) is 0.818. The van der Waals surface area contributed by atoms with Crippen molar-refractivity contribution in [3.8, 4) is 0 Å². The SMILES string of the molecule is Cc1cc(=O)[nH]c(NC(=O)NCCCCCCCC(=O)C[C@H]2C(O[Si](C)(C)C)O[C@H](CO[Si](C)(C)C)[C@@H](O[Si](C)(C)C)[C@@H]2O[Si](C)(C)C)n1. The number of Topliss-reactive ketones (excluding diaryl/α,β-unsaturated/α-hetero) is 1. The molecule has 1 aromatic heterocycles. The molecule has 1 aliphatic rings. The van der Waals surface area contributed by atoms with Crippen LogP contribution in [0.2, 0.25) is 78.6 Å². The summed E-state index contributed by atoms with van der Waals surface area (Å²) in [5, 5.41) is 5.34. The summed E-state index contributed by atoms with van der Waals surface area (Å²) < 4.78 is 33.6. The topological polar surface area (TPSA) is 150 Å². The minimum atomic E-state index is -2.07. The zero-order valence-electron chi connectivity index (χ0n) is 32.5. The van der Waals surface area contributed by atoms with Gasteiger partial charge in [-0.15, -0.1) is 0 Å². The molecule has 282 valence electrons. The average molecular weight is 759 g/mol. The molecule has 1 aromatic rings. The molecule has 3 N–H and O–H groups in total. The van der Waals surface area contributed by atoms with E-state index in [1.165, 1.54) is 6.07 Å². The Bertz CT molecular complexity index is 1260. The van der Waals surface area contributed by atoms with Gasteiger partial charge in [-0.25, -0.2) is 9.78 Å². The van der Waals surface area contributed by atoms with E-state index in [-0.39, 0.29) is 41.5 Å². The van der Waals surface area contributed by atoms with Crippen molar-refractivity contribution in [2.75, 3.05) is 18.5 Å². The molecular weight excluding hydrogens is 693 g/mol. The van der Waals surface area contributed by atoms with Crippen molar-refractivity contribution < 1.29 is 32.0 Å². The number of carbonyl (C=O) groups is 2. The molecular formula is C33H66N4O8Si4. The molecule has 49 heavy (non-hydrogen) atoms. The Morgan fingerprint density at radius 1 is 0.816 bits per heavy atom. The first-order valence-electron chi connectivity index (χ1n) is 17.9. The van der Waals surface area contributed by atoms with Gasteiger partial charge in [0.15, 0.2) is 39.6 Å². The quantitative estimate of drug-likeness (QED) is 0.0945. The Hall–Kier alpha value is -1.51. The van der Waals surface area contributed by atoms with E-state index in [0.717, 1.165) is 32.1 Å². The van der Waals surface area contributed by atoms with Crippen LogP contribution >= 0.6 is 0 Å². The van der Waals surface area contributed by atoms with Gasteiger partial charge in [-0.2, -0.15) is 0 Å². The number of urea groups is 1. The van der Waals surface area contributed by atoms with Gasteiger partial charge >= 0.3 is 6.03 Å². The molecule has 0 spiro atoms. The average Bonchev–Trinajstić information content (AvgIpc) is 2.89. The van der Waals surface area contributed by atoms with E-state index in [9.17, 15) is 14.4 Å². The molecule has 0 radical (unpaired) electrons. The molecule has 16 heteroatoms. The van der Waals surface area contributed by atoms with E-state index in [2.05, 4.69) is 99.2 Å². The second-order valence-electron chi connectivity index (χ2n) is 17.1. The number of H-pyrrole nitrogens is 1. The number of aromatic nitrogens is 2. The third kappa shape index (κ3) is 18.5. The maximum absolute atomic E-state index is 13.6. The number of anilines is 1. The predicted octanol–water partition coefficient (Wildman–Crippen LogP) is 6.98. The Kier molecular flexibility index (Phi) is 16.8. The number of rotatable bonds is 20. The summed E-state index contributed by atoms with van der Waals surface area (Å²) in [6.45, 7) is 28.6. The van der Waals surface area contributed by atoms with E-state index in [1.54, 1.807) is 6.92 Å².